The Morgan fingerprint density at radius 3 is 1.37 bits per heavy atom. The highest BCUT2D eigenvalue weighted by Crippen LogP contribution is 2.49. The molecule has 4 fully saturated rings. The molecule has 1 unspecified atom stereocenters. The molecule has 12 rings (SSSR count). The lowest BCUT2D eigenvalue weighted by Crippen LogP contribution is -2.49. The molecule has 2 spiro atoms. The number of fused-ring (bicyclic) bond motifs is 6. The van der Waals surface area contributed by atoms with Gasteiger partial charge in [0.15, 0.2) is 0 Å². The predicted molar refractivity (Wildman–Crippen MR) is 335 cm³/mol. The number of aliphatic hydroxyl groups is 2. The van der Waals surface area contributed by atoms with Crippen LogP contribution in [-0.4, -0.2) is 111 Å². The van der Waals surface area contributed by atoms with Gasteiger partial charge in [-0.2, -0.15) is 0 Å². The summed E-state index contributed by atoms with van der Waals surface area (Å²) in [5, 5.41) is 53.3. The Morgan fingerprint density at radius 2 is 1.00 bits per heavy atom. The van der Waals surface area contributed by atoms with E-state index in [1.54, 1.807) is 36.4 Å². The van der Waals surface area contributed by atoms with Crippen molar-refractivity contribution in [3.8, 4) is 11.5 Å². The van der Waals surface area contributed by atoms with Crippen LogP contribution in [0.2, 0.25) is 10.0 Å². The molecule has 2 heterocycles. The summed E-state index contributed by atoms with van der Waals surface area (Å²) in [6.45, 7) is 3.72. The van der Waals surface area contributed by atoms with Crippen LogP contribution in [0.15, 0.2) is 97.1 Å². The molecule has 12 atom stereocenters. The fraction of sp³-hybridized carbons (Fsp3) is 0.545. The van der Waals surface area contributed by atoms with Gasteiger partial charge in [0.2, 0.25) is 20.0 Å². The number of benzene rings is 4. The number of nitrogens with zero attached hydrogens (tertiary/aromatic N) is 2. The molecule has 8 N–H and O–H groups in total. The number of carbonyl (C=O) groups is 2. The lowest BCUT2D eigenvalue weighted by Gasteiger charge is -2.45. The molecule has 4 aromatic rings. The fourth-order valence-corrected chi connectivity index (χ4v) is 18.1. The number of aliphatic hydroxyl groups excluding tert-OH is 2. The lowest BCUT2D eigenvalue weighted by molar-refractivity contribution is 0.0452. The number of halogens is 2. The van der Waals surface area contributed by atoms with Crippen molar-refractivity contribution in [1.82, 2.24) is 0 Å². The van der Waals surface area contributed by atoms with Crippen molar-refractivity contribution in [3.05, 3.63) is 141 Å². The molecule has 16 nitrogen and oxygen atoms in total. The molecule has 4 saturated carbocycles. The summed E-state index contributed by atoms with van der Waals surface area (Å²) in [4.78, 5) is 28.4. The minimum atomic E-state index is -3.56. The summed E-state index contributed by atoms with van der Waals surface area (Å²) in [6.07, 6.45) is 21.7. The second-order valence-corrected chi connectivity index (χ2v) is 30.8. The first-order chi connectivity index (χ1) is 41.0. The summed E-state index contributed by atoms with van der Waals surface area (Å²) in [5.41, 5.74) is 6.46. The van der Waals surface area contributed by atoms with Crippen molar-refractivity contribution in [1.29, 1.82) is 0 Å². The Balaban J connectivity index is 0.000000179. The zero-order chi connectivity index (χ0) is 60.7. The van der Waals surface area contributed by atoms with Crippen LogP contribution < -0.4 is 29.6 Å². The molecule has 6 aliphatic carbocycles. The van der Waals surface area contributed by atoms with Crippen molar-refractivity contribution >= 4 is 66.6 Å². The number of ether oxygens (including phenoxy) is 2. The SMILES string of the molecule is NS(=O)(=O)[C@@H]1CCCC(/C=C/[C@H](O)[C@@H]2CC[C@H]2CN2C[C@@]3(CCCc4cc(Cl)ccc43)COc3ccc(C(=O)O)cc32)C1.NS(=O)(=O)[C@H]1CCC[C@H](/C=C/[C@H](O)[C@@H]2CC[C@H]2CN2C[C@@]3(CCCc4cc(Cl)ccc43)COc3ccc(C(=O)O)cc32)C1. The Kier molecular flexibility index (Phi) is 18.7. The van der Waals surface area contributed by atoms with Crippen LogP contribution in [0.25, 0.3) is 0 Å². The smallest absolute Gasteiger partial charge is 0.335 e. The Bertz CT molecular complexity index is 3250. The second-order valence-electron chi connectivity index (χ2n) is 26.2. The van der Waals surface area contributed by atoms with Gasteiger partial charge in [0.25, 0.3) is 0 Å². The van der Waals surface area contributed by atoms with Crippen LogP contribution in [0.1, 0.15) is 146 Å². The highest BCUT2D eigenvalue weighted by atomic mass is 35.5. The Hall–Kier alpha value is -5.18. The molecule has 8 aliphatic rings. The van der Waals surface area contributed by atoms with Gasteiger partial charge in [-0.1, -0.05) is 72.5 Å². The third-order valence-electron chi connectivity index (χ3n) is 20.7. The number of aromatic carboxylic acids is 2. The average molecular weight is 1260 g/mol. The van der Waals surface area contributed by atoms with E-state index in [0.29, 0.717) is 76.6 Å². The number of sulfonamides is 2. The van der Waals surface area contributed by atoms with Crippen molar-refractivity contribution < 1.29 is 56.3 Å². The molecule has 0 amide bonds. The maximum atomic E-state index is 11.9. The summed E-state index contributed by atoms with van der Waals surface area (Å²) < 4.78 is 60.5. The van der Waals surface area contributed by atoms with Gasteiger partial charge in [0.1, 0.15) is 11.5 Å². The van der Waals surface area contributed by atoms with Crippen molar-refractivity contribution in [2.45, 2.75) is 149 Å². The molecule has 464 valence electrons. The fourth-order valence-electron chi connectivity index (χ4n) is 15.7. The van der Waals surface area contributed by atoms with Crippen molar-refractivity contribution in [2.24, 2.45) is 45.8 Å². The lowest BCUT2D eigenvalue weighted by atomic mass is 9.68. The maximum absolute atomic E-state index is 11.9. The summed E-state index contributed by atoms with van der Waals surface area (Å²) in [6, 6.07) is 22.4. The van der Waals surface area contributed by atoms with Gasteiger partial charge in [-0.05, 0) is 221 Å². The highest BCUT2D eigenvalue weighted by molar-refractivity contribution is 7.90. The van der Waals surface area contributed by atoms with Crippen LogP contribution >= 0.6 is 23.2 Å². The van der Waals surface area contributed by atoms with E-state index in [0.717, 1.165) is 111 Å². The van der Waals surface area contributed by atoms with Crippen LogP contribution in [-0.2, 0) is 43.7 Å². The normalized spacial score (nSPS) is 29.7. The zero-order valence-corrected chi connectivity index (χ0v) is 51.8. The molecule has 0 bridgehead atoms. The van der Waals surface area contributed by atoms with Gasteiger partial charge in [0.05, 0.1) is 58.4 Å². The van der Waals surface area contributed by atoms with Crippen molar-refractivity contribution in [3.63, 3.8) is 0 Å². The number of primary sulfonamides is 2. The number of rotatable bonds is 14. The highest BCUT2D eigenvalue weighted by Gasteiger charge is 2.47. The summed E-state index contributed by atoms with van der Waals surface area (Å²) in [5.74, 6) is 0.156. The number of anilines is 2. The number of carboxylic acid groups (broad SMARTS) is 2. The minimum Gasteiger partial charge on any atom is -0.490 e. The molecule has 0 radical (unpaired) electrons. The van der Waals surface area contributed by atoms with Gasteiger partial charge < -0.3 is 39.7 Å². The molecular formula is C66H82Cl2N4O12S2. The molecule has 86 heavy (non-hydrogen) atoms. The number of hydrogen-bond donors (Lipinski definition) is 6. The first kappa shape index (κ1) is 62.4. The maximum Gasteiger partial charge on any atom is 0.335 e. The van der Waals surface area contributed by atoms with E-state index < -0.39 is 54.7 Å². The standard InChI is InChI=1S/2C33H41ClN2O6S/c2*34-25-9-11-28-22(16-25)4-2-14-33(28)19-36(29-17-23(32(38)39)8-13-31(29)42-20-33)18-24-7-10-27(24)30(37)12-6-21-3-1-5-26(15-21)43(35,40)41/h2*6,8-9,11-13,16-17,21,24,26-27,30,37H,1-5,7,10,14-15,18-20H2,(H,38,39)(H2,35,40,41)/b2*12-6+/t21?,24-,26+,27+,30-,33-;21-,24+,26+,27-,30+,33+/m01/s1. The number of hydrogen-bond acceptors (Lipinski definition) is 12. The van der Waals surface area contributed by atoms with Gasteiger partial charge in [0, 0.05) is 47.1 Å². The zero-order valence-electron chi connectivity index (χ0n) is 48.7. The second kappa shape index (κ2) is 25.7. The van der Waals surface area contributed by atoms with Gasteiger partial charge in [-0.3, -0.25) is 0 Å². The predicted octanol–water partition coefficient (Wildman–Crippen LogP) is 10.6. The molecule has 0 aromatic heterocycles. The molecule has 4 aromatic carbocycles. The van der Waals surface area contributed by atoms with E-state index >= 15 is 0 Å². The summed E-state index contributed by atoms with van der Waals surface area (Å²) >= 11 is 12.7. The van der Waals surface area contributed by atoms with Crippen LogP contribution in [0, 0.1) is 35.5 Å². The topological polar surface area (TPSA) is 260 Å². The monoisotopic (exact) mass is 1260 g/mol. The summed E-state index contributed by atoms with van der Waals surface area (Å²) in [7, 11) is -7.11. The van der Waals surface area contributed by atoms with Crippen molar-refractivity contribution in [2.75, 3.05) is 49.2 Å². The quantitative estimate of drug-likeness (QED) is 0.0642. The molecule has 2 aliphatic heterocycles. The van der Waals surface area contributed by atoms with Gasteiger partial charge >= 0.3 is 11.9 Å². The number of aryl methyl sites for hydroxylation is 2. The van der Waals surface area contributed by atoms with E-state index in [-0.39, 0.29) is 57.5 Å². The largest absolute Gasteiger partial charge is 0.490 e. The van der Waals surface area contributed by atoms with Crippen LogP contribution in [0.5, 0.6) is 11.5 Å². The number of carboxylic acids is 2. The third-order valence-corrected chi connectivity index (χ3v) is 23.9. The van der Waals surface area contributed by atoms with E-state index in [1.807, 2.05) is 36.4 Å². The van der Waals surface area contributed by atoms with Crippen LogP contribution in [0.4, 0.5) is 11.4 Å². The first-order valence-electron chi connectivity index (χ1n) is 30.9. The average Bonchev–Trinajstić information content (AvgIpc) is 1.55. The van der Waals surface area contributed by atoms with E-state index in [1.165, 1.54) is 22.3 Å². The van der Waals surface area contributed by atoms with E-state index in [9.17, 15) is 46.9 Å². The van der Waals surface area contributed by atoms with Gasteiger partial charge in [-0.25, -0.2) is 36.7 Å². The Labute approximate surface area is 516 Å². The Morgan fingerprint density at radius 1 is 0.581 bits per heavy atom. The number of allylic oxidation sites excluding steroid dienone is 2. The molecule has 20 heteroatoms. The van der Waals surface area contributed by atoms with E-state index in [4.69, 9.17) is 43.0 Å². The third kappa shape index (κ3) is 13.7. The van der Waals surface area contributed by atoms with E-state index in [2.05, 4.69) is 34.1 Å². The molecular weight excluding hydrogens is 1180 g/mol. The first-order valence-corrected chi connectivity index (χ1v) is 34.9. The van der Waals surface area contributed by atoms with Crippen LogP contribution in [0.3, 0.4) is 0 Å². The van der Waals surface area contributed by atoms with Gasteiger partial charge in [-0.15, -0.1) is 0 Å². The molecule has 0 saturated heterocycles. The minimum absolute atomic E-state index is 0.0672. The number of nitrogens with two attached hydrogens (primary N) is 2.